The number of urea groups is 1. The van der Waals surface area contributed by atoms with Crippen molar-refractivity contribution in [2.45, 2.75) is 57.0 Å². The van der Waals surface area contributed by atoms with Gasteiger partial charge in [-0.15, -0.1) is 0 Å². The molecule has 3 aliphatic rings. The van der Waals surface area contributed by atoms with Crippen LogP contribution in [-0.2, 0) is 0 Å². The molecule has 2 N–H and O–H groups in total. The van der Waals surface area contributed by atoms with Gasteiger partial charge in [0, 0.05) is 37.8 Å². The van der Waals surface area contributed by atoms with Gasteiger partial charge in [0.05, 0.1) is 11.4 Å². The lowest BCUT2D eigenvalue weighted by Crippen LogP contribution is -2.46. The van der Waals surface area contributed by atoms with Crippen molar-refractivity contribution in [2.75, 3.05) is 25.0 Å². The maximum Gasteiger partial charge on any atom is 0.317 e. The number of carbonyl (C=O) groups excluding carboxylic acids is 1. The fraction of sp³-hybridized carbons (Fsp3) is 0.650. The maximum atomic E-state index is 12.9. The summed E-state index contributed by atoms with van der Waals surface area (Å²) in [5, 5.41) is 4.33. The Morgan fingerprint density at radius 3 is 2.89 bits per heavy atom. The third kappa shape index (κ3) is 2.93. The van der Waals surface area contributed by atoms with Crippen LogP contribution in [0.5, 0.6) is 0 Å². The van der Waals surface area contributed by atoms with Crippen LogP contribution >= 0.6 is 0 Å². The molecule has 1 saturated heterocycles. The third-order valence-electron chi connectivity index (χ3n) is 6.85. The molecule has 2 saturated carbocycles. The van der Waals surface area contributed by atoms with Gasteiger partial charge >= 0.3 is 6.03 Å². The van der Waals surface area contributed by atoms with Crippen LogP contribution in [0.15, 0.2) is 18.6 Å². The average Bonchev–Trinajstić information content (AvgIpc) is 3.13. The number of amides is 2. The van der Waals surface area contributed by atoms with Crippen LogP contribution in [0.1, 0.15) is 44.9 Å². The van der Waals surface area contributed by atoms with E-state index >= 15 is 0 Å². The van der Waals surface area contributed by atoms with Crippen LogP contribution in [0.25, 0.3) is 11.0 Å². The Hall–Kier alpha value is -2.31. The molecule has 7 heteroatoms. The fourth-order valence-corrected chi connectivity index (χ4v) is 5.09. The number of likely N-dealkylation sites (tertiary alicyclic amines) is 1. The molecule has 2 amide bonds. The summed E-state index contributed by atoms with van der Waals surface area (Å²) < 4.78 is 0. The first-order valence-corrected chi connectivity index (χ1v) is 10.2. The van der Waals surface area contributed by atoms with Crippen LogP contribution in [0.4, 0.5) is 10.6 Å². The largest absolute Gasteiger partial charge is 0.354 e. The molecule has 2 aromatic heterocycles. The van der Waals surface area contributed by atoms with Crippen LogP contribution in [0.3, 0.4) is 0 Å². The van der Waals surface area contributed by atoms with Gasteiger partial charge in [0.2, 0.25) is 0 Å². The number of H-pyrrole nitrogens is 1. The zero-order valence-corrected chi connectivity index (χ0v) is 15.9. The Bertz CT molecular complexity index is 838. The highest BCUT2D eigenvalue weighted by molar-refractivity contribution is 5.87. The molecule has 2 aromatic rings. The Labute approximate surface area is 159 Å². The number of anilines is 1. The molecule has 5 rings (SSSR count). The Morgan fingerprint density at radius 2 is 2.11 bits per heavy atom. The van der Waals surface area contributed by atoms with E-state index in [0.717, 1.165) is 42.8 Å². The predicted octanol–water partition coefficient (Wildman–Crippen LogP) is 2.90. The lowest BCUT2D eigenvalue weighted by atomic mass is 9.96. The molecule has 27 heavy (non-hydrogen) atoms. The van der Waals surface area contributed by atoms with Crippen LogP contribution < -0.4 is 10.2 Å². The van der Waals surface area contributed by atoms with Crippen molar-refractivity contribution in [3.05, 3.63) is 18.6 Å². The molecule has 0 aromatic carbocycles. The van der Waals surface area contributed by atoms with Crippen LogP contribution in [0.2, 0.25) is 0 Å². The summed E-state index contributed by atoms with van der Waals surface area (Å²) >= 11 is 0. The second kappa shape index (κ2) is 6.39. The SMILES string of the molecule is CN(c1ncnc2[nH]ccc12)[C@H]1CN(C(=O)NC2CCCCC2)CC12CC2. The smallest absolute Gasteiger partial charge is 0.317 e. The van der Waals surface area contributed by atoms with E-state index in [9.17, 15) is 4.79 Å². The minimum atomic E-state index is 0.124. The number of rotatable bonds is 3. The van der Waals surface area contributed by atoms with Crippen molar-refractivity contribution < 1.29 is 4.79 Å². The number of hydrogen-bond acceptors (Lipinski definition) is 4. The van der Waals surface area contributed by atoms with Gasteiger partial charge in [-0.05, 0) is 31.7 Å². The van der Waals surface area contributed by atoms with E-state index in [1.165, 1.54) is 32.1 Å². The number of aromatic amines is 1. The van der Waals surface area contributed by atoms with Gasteiger partial charge < -0.3 is 20.1 Å². The van der Waals surface area contributed by atoms with Gasteiger partial charge in [0.15, 0.2) is 0 Å². The number of fused-ring (bicyclic) bond motifs is 1. The lowest BCUT2D eigenvalue weighted by molar-refractivity contribution is 0.198. The second-order valence-corrected chi connectivity index (χ2v) is 8.59. The van der Waals surface area contributed by atoms with Crippen LogP contribution in [0, 0.1) is 5.41 Å². The molecule has 144 valence electrons. The van der Waals surface area contributed by atoms with E-state index in [0.29, 0.717) is 12.1 Å². The van der Waals surface area contributed by atoms with Gasteiger partial charge in [0.25, 0.3) is 0 Å². The lowest BCUT2D eigenvalue weighted by Gasteiger charge is -2.30. The molecule has 0 unspecified atom stereocenters. The van der Waals surface area contributed by atoms with Crippen LogP contribution in [-0.4, -0.2) is 58.1 Å². The summed E-state index contributed by atoms with van der Waals surface area (Å²) in [5.41, 5.74) is 1.09. The zero-order valence-electron chi connectivity index (χ0n) is 15.9. The summed E-state index contributed by atoms with van der Waals surface area (Å²) in [6.07, 6.45) is 11.9. The zero-order chi connectivity index (χ0) is 18.4. The summed E-state index contributed by atoms with van der Waals surface area (Å²) in [5.74, 6) is 0.951. The number of nitrogens with zero attached hydrogens (tertiary/aromatic N) is 4. The van der Waals surface area contributed by atoms with Gasteiger partial charge in [-0.1, -0.05) is 19.3 Å². The number of aromatic nitrogens is 3. The number of hydrogen-bond donors (Lipinski definition) is 2. The summed E-state index contributed by atoms with van der Waals surface area (Å²) in [6.45, 7) is 1.63. The minimum absolute atomic E-state index is 0.124. The van der Waals surface area contributed by atoms with Crippen molar-refractivity contribution in [1.82, 2.24) is 25.2 Å². The molecule has 3 heterocycles. The van der Waals surface area contributed by atoms with Crippen molar-refractivity contribution in [3.8, 4) is 0 Å². The highest BCUT2D eigenvalue weighted by atomic mass is 16.2. The molecular weight excluding hydrogens is 340 g/mol. The second-order valence-electron chi connectivity index (χ2n) is 8.59. The molecule has 3 fully saturated rings. The van der Waals surface area contributed by atoms with Crippen molar-refractivity contribution in [2.24, 2.45) is 5.41 Å². The van der Waals surface area contributed by atoms with Gasteiger partial charge in [-0.2, -0.15) is 0 Å². The van der Waals surface area contributed by atoms with Gasteiger partial charge in [-0.3, -0.25) is 0 Å². The molecule has 0 bridgehead atoms. The fourth-order valence-electron chi connectivity index (χ4n) is 5.09. The van der Waals surface area contributed by atoms with E-state index in [2.05, 4.69) is 32.2 Å². The normalized spacial score (nSPS) is 24.5. The molecule has 1 atom stereocenters. The van der Waals surface area contributed by atoms with Gasteiger partial charge in [0.1, 0.15) is 17.8 Å². The Morgan fingerprint density at radius 1 is 1.30 bits per heavy atom. The molecule has 1 spiro atoms. The molecule has 1 aliphatic heterocycles. The molecular formula is C20H28N6O. The maximum absolute atomic E-state index is 12.9. The highest BCUT2D eigenvalue weighted by Gasteiger charge is 2.57. The third-order valence-corrected chi connectivity index (χ3v) is 6.85. The quantitative estimate of drug-likeness (QED) is 0.873. The number of carbonyl (C=O) groups is 1. The van der Waals surface area contributed by atoms with E-state index in [4.69, 9.17) is 0 Å². The monoisotopic (exact) mass is 368 g/mol. The van der Waals surface area contributed by atoms with E-state index in [1.807, 2.05) is 17.2 Å². The topological polar surface area (TPSA) is 77.2 Å². The Balaban J connectivity index is 1.33. The summed E-state index contributed by atoms with van der Waals surface area (Å²) in [6, 6.07) is 2.82. The van der Waals surface area contributed by atoms with E-state index in [-0.39, 0.29) is 11.4 Å². The summed E-state index contributed by atoms with van der Waals surface area (Å²) in [7, 11) is 2.11. The first-order chi connectivity index (χ1) is 13.2. The Kier molecular flexibility index (Phi) is 3.98. The highest BCUT2D eigenvalue weighted by Crippen LogP contribution is 2.55. The van der Waals surface area contributed by atoms with Crippen molar-refractivity contribution in [3.63, 3.8) is 0 Å². The number of likely N-dealkylation sites (N-methyl/N-ethyl adjacent to an activating group) is 1. The first kappa shape index (κ1) is 16.8. The van der Waals surface area contributed by atoms with Gasteiger partial charge in [-0.25, -0.2) is 14.8 Å². The minimum Gasteiger partial charge on any atom is -0.354 e. The predicted molar refractivity (Wildman–Crippen MR) is 105 cm³/mol. The van der Waals surface area contributed by atoms with E-state index in [1.54, 1.807) is 6.33 Å². The molecule has 7 nitrogen and oxygen atoms in total. The first-order valence-electron chi connectivity index (χ1n) is 10.2. The summed E-state index contributed by atoms with van der Waals surface area (Å²) in [4.78, 5) is 29.2. The van der Waals surface area contributed by atoms with Crippen molar-refractivity contribution >= 4 is 22.9 Å². The standard InChI is InChI=1S/C20H28N6O/c1-25(18-15-7-10-21-17(15)22-13-23-18)16-11-26(12-20(16)8-9-20)19(27)24-14-5-3-2-4-6-14/h7,10,13-14,16H,2-6,8-9,11-12H2,1H3,(H,24,27)(H,21,22,23)/t16-/m0/s1. The number of nitrogens with one attached hydrogen (secondary N) is 2. The molecule has 0 radical (unpaired) electrons. The van der Waals surface area contributed by atoms with Crippen molar-refractivity contribution in [1.29, 1.82) is 0 Å². The van der Waals surface area contributed by atoms with E-state index < -0.39 is 0 Å². The molecule has 2 aliphatic carbocycles. The average molecular weight is 368 g/mol.